The second kappa shape index (κ2) is 7.93. The number of aliphatic hydroxyl groups is 1. The molecule has 1 heterocycles. The van der Waals surface area contributed by atoms with Crippen LogP contribution in [0.3, 0.4) is 0 Å². The van der Waals surface area contributed by atoms with Crippen LogP contribution in [0.15, 0.2) is 18.2 Å². The Kier molecular flexibility index (Phi) is 6.19. The number of aryl methyl sites for hydroxylation is 2. The van der Waals surface area contributed by atoms with Gasteiger partial charge in [-0.2, -0.15) is 0 Å². The van der Waals surface area contributed by atoms with E-state index in [-0.39, 0.29) is 17.9 Å². The van der Waals surface area contributed by atoms with E-state index < -0.39 is 0 Å². The van der Waals surface area contributed by atoms with Crippen LogP contribution < -0.4 is 5.32 Å². The number of likely N-dealkylation sites (tertiary alicyclic amines) is 1. The molecule has 0 unspecified atom stereocenters. The van der Waals surface area contributed by atoms with E-state index in [0.717, 1.165) is 50.0 Å². The van der Waals surface area contributed by atoms with Gasteiger partial charge in [0, 0.05) is 12.3 Å². The fraction of sp³-hybridized carbons (Fsp3) is 0.632. The lowest BCUT2D eigenvalue weighted by Crippen LogP contribution is -2.44. The highest BCUT2D eigenvalue weighted by atomic mass is 16.3. The zero-order chi connectivity index (χ0) is 16.9. The number of piperidine rings is 1. The van der Waals surface area contributed by atoms with Gasteiger partial charge in [0.15, 0.2) is 0 Å². The molecule has 1 saturated heterocycles. The highest BCUT2D eigenvalue weighted by molar-refractivity contribution is 5.93. The van der Waals surface area contributed by atoms with Crippen LogP contribution in [0.4, 0.5) is 5.69 Å². The Bertz CT molecular complexity index is 528. The smallest absolute Gasteiger partial charge is 0.238 e. The van der Waals surface area contributed by atoms with E-state index in [1.165, 1.54) is 5.56 Å². The van der Waals surface area contributed by atoms with Crippen molar-refractivity contribution >= 4 is 11.6 Å². The van der Waals surface area contributed by atoms with Crippen molar-refractivity contribution in [2.75, 3.05) is 31.6 Å². The van der Waals surface area contributed by atoms with Crippen LogP contribution in [0, 0.1) is 12.3 Å². The topological polar surface area (TPSA) is 52.6 Å². The highest BCUT2D eigenvalue weighted by Crippen LogP contribution is 2.34. The van der Waals surface area contributed by atoms with E-state index in [0.29, 0.717) is 6.54 Å². The summed E-state index contributed by atoms with van der Waals surface area (Å²) in [5.74, 6) is 0.0574. The molecule has 1 aromatic rings. The number of aliphatic hydroxyl groups excluding tert-OH is 1. The minimum Gasteiger partial charge on any atom is -0.396 e. The zero-order valence-corrected chi connectivity index (χ0v) is 14.7. The van der Waals surface area contributed by atoms with E-state index in [9.17, 15) is 9.90 Å². The van der Waals surface area contributed by atoms with Crippen molar-refractivity contribution in [1.82, 2.24) is 4.90 Å². The van der Waals surface area contributed by atoms with E-state index in [4.69, 9.17) is 0 Å². The molecule has 0 radical (unpaired) electrons. The zero-order valence-electron chi connectivity index (χ0n) is 14.7. The predicted molar refractivity (Wildman–Crippen MR) is 94.7 cm³/mol. The molecule has 2 N–H and O–H groups in total. The third-order valence-corrected chi connectivity index (χ3v) is 5.37. The molecular weight excluding hydrogens is 288 g/mol. The van der Waals surface area contributed by atoms with Gasteiger partial charge in [-0.3, -0.25) is 9.69 Å². The third kappa shape index (κ3) is 4.33. The summed E-state index contributed by atoms with van der Waals surface area (Å²) in [6.45, 7) is 8.74. The summed E-state index contributed by atoms with van der Waals surface area (Å²) in [6, 6.07) is 6.14. The van der Waals surface area contributed by atoms with Crippen molar-refractivity contribution in [3.63, 3.8) is 0 Å². The molecule has 2 rings (SSSR count). The van der Waals surface area contributed by atoms with Crippen LogP contribution in [-0.2, 0) is 11.2 Å². The maximum absolute atomic E-state index is 12.4. The largest absolute Gasteiger partial charge is 0.396 e. The average Bonchev–Trinajstić information content (AvgIpc) is 2.57. The quantitative estimate of drug-likeness (QED) is 0.848. The second-order valence-corrected chi connectivity index (χ2v) is 6.80. The van der Waals surface area contributed by atoms with E-state index in [2.05, 4.69) is 30.1 Å². The summed E-state index contributed by atoms with van der Waals surface area (Å²) in [4.78, 5) is 14.6. The average molecular weight is 318 g/mol. The lowest BCUT2D eigenvalue weighted by atomic mass is 9.77. The summed E-state index contributed by atoms with van der Waals surface area (Å²) >= 11 is 0. The Hall–Kier alpha value is -1.39. The van der Waals surface area contributed by atoms with Gasteiger partial charge in [0.1, 0.15) is 0 Å². The fourth-order valence-corrected chi connectivity index (χ4v) is 3.39. The van der Waals surface area contributed by atoms with Gasteiger partial charge in [0.25, 0.3) is 0 Å². The first-order valence-electron chi connectivity index (χ1n) is 8.75. The van der Waals surface area contributed by atoms with Crippen molar-refractivity contribution in [1.29, 1.82) is 0 Å². The van der Waals surface area contributed by atoms with Crippen molar-refractivity contribution in [3.8, 4) is 0 Å². The van der Waals surface area contributed by atoms with Crippen LogP contribution in [0.1, 0.15) is 44.2 Å². The number of nitrogens with zero attached hydrogens (tertiary/aromatic N) is 1. The maximum atomic E-state index is 12.4. The van der Waals surface area contributed by atoms with E-state index >= 15 is 0 Å². The molecule has 1 aromatic carbocycles. The maximum Gasteiger partial charge on any atom is 0.238 e. The lowest BCUT2D eigenvalue weighted by Gasteiger charge is -2.40. The van der Waals surface area contributed by atoms with Gasteiger partial charge in [-0.25, -0.2) is 0 Å². The number of hydrogen-bond donors (Lipinski definition) is 2. The fourth-order valence-electron chi connectivity index (χ4n) is 3.39. The summed E-state index contributed by atoms with van der Waals surface area (Å²) in [6.07, 6.45) is 3.86. The predicted octanol–water partition coefficient (Wildman–Crippen LogP) is 2.98. The van der Waals surface area contributed by atoms with Crippen LogP contribution in [0.2, 0.25) is 0 Å². The monoisotopic (exact) mass is 318 g/mol. The van der Waals surface area contributed by atoms with Gasteiger partial charge in [0.05, 0.1) is 6.54 Å². The van der Waals surface area contributed by atoms with Crippen molar-refractivity contribution in [2.24, 2.45) is 5.41 Å². The lowest BCUT2D eigenvalue weighted by molar-refractivity contribution is -0.118. The summed E-state index contributed by atoms with van der Waals surface area (Å²) in [5, 5.41) is 12.7. The van der Waals surface area contributed by atoms with Crippen LogP contribution in [0.25, 0.3) is 0 Å². The molecule has 0 aromatic heterocycles. The number of para-hydroxylation sites is 1. The summed E-state index contributed by atoms with van der Waals surface area (Å²) in [5.41, 5.74) is 3.33. The Morgan fingerprint density at radius 2 is 2.00 bits per heavy atom. The molecule has 128 valence electrons. The molecule has 0 bridgehead atoms. The summed E-state index contributed by atoms with van der Waals surface area (Å²) in [7, 11) is 0. The molecule has 1 fully saturated rings. The van der Waals surface area contributed by atoms with Crippen LogP contribution in [0.5, 0.6) is 0 Å². The van der Waals surface area contributed by atoms with Gasteiger partial charge in [-0.05, 0) is 62.2 Å². The first-order chi connectivity index (χ1) is 11.0. The van der Waals surface area contributed by atoms with Gasteiger partial charge in [0.2, 0.25) is 5.91 Å². The van der Waals surface area contributed by atoms with Gasteiger partial charge in [-0.1, -0.05) is 32.0 Å². The molecule has 0 saturated carbocycles. The first-order valence-corrected chi connectivity index (χ1v) is 8.75. The molecule has 4 heteroatoms. The van der Waals surface area contributed by atoms with E-state index in [1.807, 2.05) is 19.1 Å². The number of hydrogen-bond acceptors (Lipinski definition) is 3. The second-order valence-electron chi connectivity index (χ2n) is 6.80. The van der Waals surface area contributed by atoms with Gasteiger partial charge >= 0.3 is 0 Å². The first kappa shape index (κ1) is 18.0. The van der Waals surface area contributed by atoms with Gasteiger partial charge in [-0.15, -0.1) is 0 Å². The minimum absolute atomic E-state index is 0.0574. The highest BCUT2D eigenvalue weighted by Gasteiger charge is 2.32. The number of benzene rings is 1. The Morgan fingerprint density at radius 1 is 1.30 bits per heavy atom. The van der Waals surface area contributed by atoms with E-state index in [1.54, 1.807) is 0 Å². The molecule has 1 aliphatic rings. The third-order valence-electron chi connectivity index (χ3n) is 5.37. The molecule has 1 amide bonds. The SMILES string of the molecule is CCc1cccc(C)c1NC(=O)CN1CCC(CC)(CO)CC1. The Labute approximate surface area is 139 Å². The van der Waals surface area contributed by atoms with Crippen molar-refractivity contribution in [2.45, 2.75) is 46.5 Å². The molecule has 0 aliphatic carbocycles. The van der Waals surface area contributed by atoms with Crippen molar-refractivity contribution in [3.05, 3.63) is 29.3 Å². The molecular formula is C19H30N2O2. The molecule has 23 heavy (non-hydrogen) atoms. The van der Waals surface area contributed by atoms with Crippen LogP contribution in [-0.4, -0.2) is 42.2 Å². The number of amides is 1. The van der Waals surface area contributed by atoms with Crippen molar-refractivity contribution < 1.29 is 9.90 Å². The van der Waals surface area contributed by atoms with Crippen LogP contribution >= 0.6 is 0 Å². The normalized spacial score (nSPS) is 17.9. The number of nitrogens with one attached hydrogen (secondary N) is 1. The minimum atomic E-state index is 0.0574. The number of carbonyl (C=O) groups excluding carboxylic acids is 1. The molecule has 0 spiro atoms. The molecule has 0 atom stereocenters. The Morgan fingerprint density at radius 3 is 2.57 bits per heavy atom. The Balaban J connectivity index is 1.92. The number of carbonyl (C=O) groups is 1. The van der Waals surface area contributed by atoms with Gasteiger partial charge < -0.3 is 10.4 Å². The summed E-state index contributed by atoms with van der Waals surface area (Å²) < 4.78 is 0. The number of anilines is 1. The standard InChI is InChI=1S/C19H30N2O2/c1-4-16-8-6-7-15(3)18(16)20-17(23)13-21-11-9-19(5-2,14-22)10-12-21/h6-8,22H,4-5,9-14H2,1-3H3,(H,20,23). The molecule has 1 aliphatic heterocycles. The number of rotatable bonds is 6. The molecule has 4 nitrogen and oxygen atoms in total.